The smallest absolute Gasteiger partial charge is 0.0646 e. The summed E-state index contributed by atoms with van der Waals surface area (Å²) in [6, 6.07) is 7.13. The fourth-order valence-corrected chi connectivity index (χ4v) is 2.40. The van der Waals surface area contributed by atoms with Crippen LogP contribution in [0.25, 0.3) is 0 Å². The van der Waals surface area contributed by atoms with E-state index in [1.165, 1.54) is 29.7 Å². The second-order valence-corrected chi connectivity index (χ2v) is 4.57. The molecule has 2 heterocycles. The third kappa shape index (κ3) is 1.95. The predicted octanol–water partition coefficient (Wildman–Crippen LogP) is 1.78. The van der Waals surface area contributed by atoms with Crippen molar-refractivity contribution in [1.82, 2.24) is 5.32 Å². The van der Waals surface area contributed by atoms with Crippen LogP contribution in [0.5, 0.6) is 0 Å². The number of aliphatic imine (C=N–C) groups is 1. The van der Waals surface area contributed by atoms with E-state index in [-0.39, 0.29) is 0 Å². The number of benzene rings is 1. The first-order valence-electron chi connectivity index (χ1n) is 6.02. The molecule has 0 spiro atoms. The molecule has 3 rings (SSSR count). The molecule has 3 nitrogen and oxygen atoms in total. The molecule has 2 aliphatic rings. The summed E-state index contributed by atoms with van der Waals surface area (Å²) in [7, 11) is 0. The molecule has 1 atom stereocenters. The molecule has 16 heavy (non-hydrogen) atoms. The van der Waals surface area contributed by atoms with Gasteiger partial charge in [0, 0.05) is 24.5 Å². The Morgan fingerprint density at radius 2 is 2.38 bits per heavy atom. The van der Waals surface area contributed by atoms with E-state index in [2.05, 4.69) is 33.8 Å². The Labute approximate surface area is 96.0 Å². The Morgan fingerprint density at radius 3 is 3.25 bits per heavy atom. The van der Waals surface area contributed by atoms with Crippen molar-refractivity contribution in [2.24, 2.45) is 4.99 Å². The second kappa shape index (κ2) is 4.26. The Hall–Kier alpha value is -1.35. The summed E-state index contributed by atoms with van der Waals surface area (Å²) in [5.74, 6) is 0. The Kier molecular flexibility index (Phi) is 2.62. The predicted molar refractivity (Wildman–Crippen MR) is 67.3 cm³/mol. The van der Waals surface area contributed by atoms with E-state index in [1.807, 2.05) is 6.21 Å². The zero-order valence-electron chi connectivity index (χ0n) is 9.37. The van der Waals surface area contributed by atoms with E-state index in [4.69, 9.17) is 0 Å². The molecular formula is C13H17N3. The molecule has 1 saturated heterocycles. The van der Waals surface area contributed by atoms with Gasteiger partial charge in [0.15, 0.2) is 0 Å². The van der Waals surface area contributed by atoms with Crippen LogP contribution in [0.2, 0.25) is 0 Å². The molecule has 0 bridgehead atoms. The van der Waals surface area contributed by atoms with Crippen molar-refractivity contribution in [2.45, 2.75) is 25.4 Å². The molecule has 1 aromatic rings. The molecule has 1 unspecified atom stereocenters. The number of piperidine rings is 1. The molecule has 1 fully saturated rings. The minimum absolute atomic E-state index is 0.574. The maximum Gasteiger partial charge on any atom is 0.0646 e. The van der Waals surface area contributed by atoms with Crippen molar-refractivity contribution < 1.29 is 0 Å². The van der Waals surface area contributed by atoms with Gasteiger partial charge in [-0.25, -0.2) is 0 Å². The monoisotopic (exact) mass is 215 g/mol. The van der Waals surface area contributed by atoms with Gasteiger partial charge in [-0.15, -0.1) is 0 Å². The molecule has 0 aliphatic carbocycles. The number of hydrogen-bond acceptors (Lipinski definition) is 3. The van der Waals surface area contributed by atoms with Gasteiger partial charge in [0.25, 0.3) is 0 Å². The summed E-state index contributed by atoms with van der Waals surface area (Å²) >= 11 is 0. The van der Waals surface area contributed by atoms with E-state index >= 15 is 0 Å². The van der Waals surface area contributed by atoms with Crippen LogP contribution in [0.3, 0.4) is 0 Å². The number of hydrogen-bond donors (Lipinski definition) is 2. The van der Waals surface area contributed by atoms with Crippen LogP contribution in [-0.4, -0.2) is 25.3 Å². The van der Waals surface area contributed by atoms with Crippen molar-refractivity contribution in [3.05, 3.63) is 29.3 Å². The van der Waals surface area contributed by atoms with Gasteiger partial charge in [-0.05, 0) is 42.6 Å². The molecule has 0 aromatic heterocycles. The van der Waals surface area contributed by atoms with Crippen molar-refractivity contribution >= 4 is 11.9 Å². The number of fused-ring (bicyclic) bond motifs is 1. The summed E-state index contributed by atoms with van der Waals surface area (Å²) in [5, 5.41) is 7.00. The zero-order chi connectivity index (χ0) is 10.8. The van der Waals surface area contributed by atoms with Gasteiger partial charge in [0.2, 0.25) is 0 Å². The highest BCUT2D eigenvalue weighted by atomic mass is 15.0. The van der Waals surface area contributed by atoms with Crippen LogP contribution in [0.15, 0.2) is 23.2 Å². The average molecular weight is 215 g/mol. The molecular weight excluding hydrogens is 198 g/mol. The van der Waals surface area contributed by atoms with E-state index in [0.717, 1.165) is 19.6 Å². The Balaban J connectivity index is 1.72. The van der Waals surface area contributed by atoms with E-state index in [9.17, 15) is 0 Å². The van der Waals surface area contributed by atoms with Crippen molar-refractivity contribution in [1.29, 1.82) is 0 Å². The van der Waals surface area contributed by atoms with Gasteiger partial charge in [-0.1, -0.05) is 6.07 Å². The van der Waals surface area contributed by atoms with Crippen molar-refractivity contribution in [2.75, 3.05) is 18.4 Å². The first kappa shape index (κ1) is 9.85. The quantitative estimate of drug-likeness (QED) is 0.789. The highest BCUT2D eigenvalue weighted by Crippen LogP contribution is 2.20. The number of nitrogens with zero attached hydrogens (tertiary/aromatic N) is 1. The Morgan fingerprint density at radius 1 is 1.38 bits per heavy atom. The van der Waals surface area contributed by atoms with Gasteiger partial charge >= 0.3 is 0 Å². The topological polar surface area (TPSA) is 36.4 Å². The molecule has 0 amide bonds. The van der Waals surface area contributed by atoms with Gasteiger partial charge in [0.05, 0.1) is 6.54 Å². The summed E-state index contributed by atoms with van der Waals surface area (Å²) < 4.78 is 0. The van der Waals surface area contributed by atoms with Crippen LogP contribution in [0.4, 0.5) is 5.69 Å². The Bertz CT molecular complexity index is 406. The highest BCUT2D eigenvalue weighted by molar-refractivity contribution is 5.86. The van der Waals surface area contributed by atoms with E-state index in [1.54, 1.807) is 0 Å². The van der Waals surface area contributed by atoms with E-state index in [0.29, 0.717) is 6.04 Å². The van der Waals surface area contributed by atoms with E-state index < -0.39 is 0 Å². The number of nitrogens with one attached hydrogen (secondary N) is 2. The summed E-state index contributed by atoms with van der Waals surface area (Å²) in [4.78, 5) is 4.27. The van der Waals surface area contributed by atoms with Crippen LogP contribution >= 0.6 is 0 Å². The third-order valence-electron chi connectivity index (χ3n) is 3.31. The number of rotatable bonds is 2. The highest BCUT2D eigenvalue weighted by Gasteiger charge is 2.13. The van der Waals surface area contributed by atoms with Crippen LogP contribution in [-0.2, 0) is 6.54 Å². The van der Waals surface area contributed by atoms with Crippen LogP contribution in [0, 0.1) is 0 Å². The molecule has 3 heteroatoms. The maximum absolute atomic E-state index is 4.27. The molecule has 1 aromatic carbocycles. The van der Waals surface area contributed by atoms with Crippen molar-refractivity contribution in [3.8, 4) is 0 Å². The van der Waals surface area contributed by atoms with Gasteiger partial charge in [0.1, 0.15) is 0 Å². The van der Waals surface area contributed by atoms with Gasteiger partial charge in [-0.3, -0.25) is 4.99 Å². The lowest BCUT2D eigenvalue weighted by Gasteiger charge is -2.25. The number of anilines is 1. The standard InChI is InChI=1S/C13H17N3/c1-2-13(9-14-5-1)16-12-4-3-10-7-15-8-11(10)6-12/h3-4,6,8,13-14,16H,1-2,5,7,9H2. The summed E-state index contributed by atoms with van der Waals surface area (Å²) in [6.45, 7) is 3.08. The zero-order valence-corrected chi connectivity index (χ0v) is 9.37. The lowest BCUT2D eigenvalue weighted by molar-refractivity contribution is 0.480. The van der Waals surface area contributed by atoms with Gasteiger partial charge < -0.3 is 10.6 Å². The minimum Gasteiger partial charge on any atom is -0.381 e. The van der Waals surface area contributed by atoms with Crippen molar-refractivity contribution in [3.63, 3.8) is 0 Å². The van der Waals surface area contributed by atoms with Gasteiger partial charge in [-0.2, -0.15) is 0 Å². The first-order valence-corrected chi connectivity index (χ1v) is 6.02. The second-order valence-electron chi connectivity index (χ2n) is 4.57. The normalized spacial score (nSPS) is 23.1. The van der Waals surface area contributed by atoms with Crippen LogP contribution in [0.1, 0.15) is 24.0 Å². The lowest BCUT2D eigenvalue weighted by atomic mass is 10.1. The fraction of sp³-hybridized carbons (Fsp3) is 0.462. The third-order valence-corrected chi connectivity index (χ3v) is 3.31. The summed E-state index contributed by atoms with van der Waals surface area (Å²) in [5.41, 5.74) is 3.84. The minimum atomic E-state index is 0.574. The SMILES string of the molecule is C1=NCc2ccc(NC3CCCNC3)cc21. The fourth-order valence-electron chi connectivity index (χ4n) is 2.40. The molecule has 2 N–H and O–H groups in total. The lowest BCUT2D eigenvalue weighted by Crippen LogP contribution is -2.38. The maximum atomic E-state index is 4.27. The molecule has 0 radical (unpaired) electrons. The largest absolute Gasteiger partial charge is 0.381 e. The first-order chi connectivity index (χ1) is 7.92. The molecule has 84 valence electrons. The molecule has 0 saturated carbocycles. The molecule has 2 aliphatic heterocycles. The van der Waals surface area contributed by atoms with Crippen LogP contribution < -0.4 is 10.6 Å². The average Bonchev–Trinajstić information content (AvgIpc) is 2.77. The summed E-state index contributed by atoms with van der Waals surface area (Å²) in [6.07, 6.45) is 4.50.